The average Bonchev–Trinajstić information content (AvgIpc) is 3.20. The van der Waals surface area contributed by atoms with Crippen LogP contribution in [0.4, 0.5) is 0 Å². The van der Waals surface area contributed by atoms with Crippen LogP contribution in [0, 0.1) is 11.3 Å². The fraction of sp³-hybridized carbons (Fsp3) is 0.571. The molecule has 21 heavy (non-hydrogen) atoms. The van der Waals surface area contributed by atoms with Gasteiger partial charge in [0.15, 0.2) is 5.69 Å². The number of sulfonamides is 1. The van der Waals surface area contributed by atoms with Crippen LogP contribution in [0.3, 0.4) is 0 Å². The molecule has 112 valence electrons. The molecule has 0 bridgehead atoms. The van der Waals surface area contributed by atoms with Crippen LogP contribution in [0.1, 0.15) is 31.4 Å². The Morgan fingerprint density at radius 2 is 2.24 bits per heavy atom. The maximum atomic E-state index is 12.9. The molecule has 7 heteroatoms. The van der Waals surface area contributed by atoms with Gasteiger partial charge in [0, 0.05) is 24.8 Å². The first kappa shape index (κ1) is 14.4. The Morgan fingerprint density at radius 1 is 1.43 bits per heavy atom. The lowest BCUT2D eigenvalue weighted by atomic mass is 10.2. The molecule has 2 fully saturated rings. The van der Waals surface area contributed by atoms with Crippen molar-refractivity contribution in [2.45, 2.75) is 42.7 Å². The molecule has 1 N–H and O–H groups in total. The molecule has 0 spiro atoms. The van der Waals surface area contributed by atoms with Gasteiger partial charge < -0.3 is 5.32 Å². The fourth-order valence-corrected chi connectivity index (χ4v) is 4.57. The normalized spacial score (nSPS) is 22.4. The summed E-state index contributed by atoms with van der Waals surface area (Å²) in [5.74, 6) is 0. The number of pyridine rings is 1. The van der Waals surface area contributed by atoms with E-state index in [1.165, 1.54) is 12.3 Å². The maximum absolute atomic E-state index is 12.9. The van der Waals surface area contributed by atoms with Crippen molar-refractivity contribution >= 4 is 10.0 Å². The molecule has 0 radical (unpaired) electrons. The summed E-state index contributed by atoms with van der Waals surface area (Å²) < 4.78 is 27.3. The van der Waals surface area contributed by atoms with E-state index in [1.54, 1.807) is 10.4 Å². The van der Waals surface area contributed by atoms with E-state index in [-0.39, 0.29) is 22.7 Å². The summed E-state index contributed by atoms with van der Waals surface area (Å²) in [6.07, 6.45) is 5.32. The van der Waals surface area contributed by atoms with Crippen molar-refractivity contribution in [2.24, 2.45) is 0 Å². The van der Waals surface area contributed by atoms with E-state index in [1.807, 2.05) is 6.07 Å². The highest BCUT2D eigenvalue weighted by atomic mass is 32.2. The van der Waals surface area contributed by atoms with E-state index in [2.05, 4.69) is 10.3 Å². The molecule has 2 heterocycles. The third-order valence-corrected chi connectivity index (χ3v) is 5.93. The zero-order chi connectivity index (χ0) is 14.9. The lowest BCUT2D eigenvalue weighted by molar-refractivity contribution is 0.362. The molecule has 1 aliphatic heterocycles. The first-order valence-corrected chi connectivity index (χ1v) is 8.67. The van der Waals surface area contributed by atoms with Crippen molar-refractivity contribution in [3.8, 4) is 6.07 Å². The smallest absolute Gasteiger partial charge is 0.246 e. The van der Waals surface area contributed by atoms with E-state index in [0.717, 1.165) is 32.2 Å². The minimum absolute atomic E-state index is 0.0254. The lowest BCUT2D eigenvalue weighted by Crippen LogP contribution is -2.42. The van der Waals surface area contributed by atoms with E-state index in [9.17, 15) is 8.42 Å². The van der Waals surface area contributed by atoms with E-state index >= 15 is 0 Å². The minimum atomic E-state index is -3.66. The zero-order valence-electron chi connectivity index (χ0n) is 11.7. The van der Waals surface area contributed by atoms with Gasteiger partial charge in [-0.3, -0.25) is 0 Å². The van der Waals surface area contributed by atoms with Crippen LogP contribution in [0.5, 0.6) is 0 Å². The van der Waals surface area contributed by atoms with Crippen molar-refractivity contribution in [3.63, 3.8) is 0 Å². The van der Waals surface area contributed by atoms with Crippen molar-refractivity contribution in [3.05, 3.63) is 24.0 Å². The molecule has 2 aliphatic rings. The van der Waals surface area contributed by atoms with Gasteiger partial charge in [-0.1, -0.05) is 0 Å². The number of nitriles is 1. The molecule has 3 rings (SSSR count). The second kappa shape index (κ2) is 5.72. The third-order valence-electron chi connectivity index (χ3n) is 3.98. The molecule has 6 nitrogen and oxygen atoms in total. The standard InChI is InChI=1S/C14H18N4O2S/c15-9-13-14(4-2-8-17-13)21(19,20)18(12-5-6-12)10-11-3-1-7-16-11/h2,4,8,11-12,16H,1,3,5-7,10H2. The van der Waals surface area contributed by atoms with Gasteiger partial charge in [-0.15, -0.1) is 0 Å². The monoisotopic (exact) mass is 306 g/mol. The quantitative estimate of drug-likeness (QED) is 0.872. The Kier molecular flexibility index (Phi) is 3.93. The van der Waals surface area contributed by atoms with Gasteiger partial charge >= 0.3 is 0 Å². The van der Waals surface area contributed by atoms with Gasteiger partial charge in [-0.2, -0.15) is 9.57 Å². The number of nitrogens with zero attached hydrogens (tertiary/aromatic N) is 3. The second-order valence-corrected chi connectivity index (χ2v) is 7.42. The van der Waals surface area contributed by atoms with Crippen molar-refractivity contribution in [1.29, 1.82) is 5.26 Å². The van der Waals surface area contributed by atoms with Gasteiger partial charge in [-0.25, -0.2) is 13.4 Å². The van der Waals surface area contributed by atoms with Crippen LogP contribution in [0.2, 0.25) is 0 Å². The summed E-state index contributed by atoms with van der Waals surface area (Å²) in [6.45, 7) is 1.42. The second-order valence-electron chi connectivity index (χ2n) is 5.56. The van der Waals surface area contributed by atoms with E-state index < -0.39 is 10.0 Å². The Bertz CT molecular complexity index is 658. The van der Waals surface area contributed by atoms with Crippen LogP contribution in [-0.4, -0.2) is 42.9 Å². The predicted molar refractivity (Wildman–Crippen MR) is 76.9 cm³/mol. The molecule has 1 saturated carbocycles. The summed E-state index contributed by atoms with van der Waals surface area (Å²) in [7, 11) is -3.66. The highest BCUT2D eigenvalue weighted by molar-refractivity contribution is 7.89. The maximum Gasteiger partial charge on any atom is 0.246 e. The summed E-state index contributed by atoms with van der Waals surface area (Å²) in [4.78, 5) is 3.90. The topological polar surface area (TPSA) is 86.1 Å². The summed E-state index contributed by atoms with van der Waals surface area (Å²) in [6, 6.07) is 5.19. The SMILES string of the molecule is N#Cc1ncccc1S(=O)(=O)N(CC1CCCN1)C1CC1. The van der Waals surface area contributed by atoms with Crippen LogP contribution >= 0.6 is 0 Å². The molecular weight excluding hydrogens is 288 g/mol. The number of nitrogens with one attached hydrogen (secondary N) is 1. The minimum Gasteiger partial charge on any atom is -0.313 e. The van der Waals surface area contributed by atoms with Gasteiger partial charge in [-0.05, 0) is 44.4 Å². The van der Waals surface area contributed by atoms with Crippen molar-refractivity contribution < 1.29 is 8.42 Å². The molecule has 1 aromatic heterocycles. The molecule has 1 unspecified atom stereocenters. The first-order valence-electron chi connectivity index (χ1n) is 7.23. The molecule has 1 saturated heterocycles. The lowest BCUT2D eigenvalue weighted by Gasteiger charge is -2.25. The molecule has 0 amide bonds. The molecule has 0 aromatic carbocycles. The molecule has 1 aliphatic carbocycles. The number of rotatable bonds is 5. The highest BCUT2D eigenvalue weighted by Gasteiger charge is 2.40. The molecule has 1 aromatic rings. The Labute approximate surface area is 124 Å². The van der Waals surface area contributed by atoms with Crippen LogP contribution in [0.25, 0.3) is 0 Å². The largest absolute Gasteiger partial charge is 0.313 e. The van der Waals surface area contributed by atoms with Crippen molar-refractivity contribution in [1.82, 2.24) is 14.6 Å². The highest BCUT2D eigenvalue weighted by Crippen LogP contribution is 2.33. The predicted octanol–water partition coefficient (Wildman–Crippen LogP) is 0.858. The van der Waals surface area contributed by atoms with Crippen molar-refractivity contribution in [2.75, 3.05) is 13.1 Å². The Morgan fingerprint density at radius 3 is 2.86 bits per heavy atom. The average molecular weight is 306 g/mol. The van der Waals surface area contributed by atoms with Gasteiger partial charge in [0.05, 0.1) is 0 Å². The fourth-order valence-electron chi connectivity index (χ4n) is 2.74. The Balaban J connectivity index is 1.91. The van der Waals surface area contributed by atoms with Gasteiger partial charge in [0.2, 0.25) is 10.0 Å². The summed E-state index contributed by atoms with van der Waals surface area (Å²) in [5.41, 5.74) is -0.0254. The zero-order valence-corrected chi connectivity index (χ0v) is 12.5. The first-order chi connectivity index (χ1) is 10.1. The van der Waals surface area contributed by atoms with E-state index in [0.29, 0.717) is 6.54 Å². The summed E-state index contributed by atoms with van der Waals surface area (Å²) in [5, 5.41) is 12.4. The van der Waals surface area contributed by atoms with Gasteiger partial charge in [0.1, 0.15) is 11.0 Å². The number of aromatic nitrogens is 1. The third kappa shape index (κ3) is 2.93. The Hall–Kier alpha value is -1.49. The molecule has 1 atom stereocenters. The van der Waals surface area contributed by atoms with Crippen LogP contribution in [0.15, 0.2) is 23.2 Å². The van der Waals surface area contributed by atoms with E-state index in [4.69, 9.17) is 5.26 Å². The summed E-state index contributed by atoms with van der Waals surface area (Å²) >= 11 is 0. The van der Waals surface area contributed by atoms with Gasteiger partial charge in [0.25, 0.3) is 0 Å². The number of hydrogen-bond donors (Lipinski definition) is 1. The molecular formula is C14H18N4O2S. The number of hydrogen-bond acceptors (Lipinski definition) is 5. The van der Waals surface area contributed by atoms with Crippen LogP contribution in [-0.2, 0) is 10.0 Å². The van der Waals surface area contributed by atoms with Crippen LogP contribution < -0.4 is 5.32 Å².